The summed E-state index contributed by atoms with van der Waals surface area (Å²) in [6.07, 6.45) is 2.84. The van der Waals surface area contributed by atoms with Gasteiger partial charge >= 0.3 is 0 Å². The number of amides is 3. The molecule has 3 N–H and O–H groups in total. The fraction of sp³-hybridized carbons (Fsp3) is 0.483. The average Bonchev–Trinajstić information content (AvgIpc) is 3.68. The number of carbonyl (C=O) groups is 3. The average molecular weight is 563 g/mol. The van der Waals surface area contributed by atoms with Crippen molar-refractivity contribution in [2.45, 2.75) is 55.3 Å². The summed E-state index contributed by atoms with van der Waals surface area (Å²) < 4.78 is 0.954. The van der Waals surface area contributed by atoms with Crippen molar-refractivity contribution in [1.29, 1.82) is 0 Å². The van der Waals surface area contributed by atoms with Gasteiger partial charge in [-0.25, -0.2) is 4.68 Å². The molecule has 3 aliphatic heterocycles. The van der Waals surface area contributed by atoms with E-state index in [-0.39, 0.29) is 42.2 Å². The van der Waals surface area contributed by atoms with Crippen molar-refractivity contribution in [3.8, 4) is 0 Å². The van der Waals surface area contributed by atoms with E-state index in [0.717, 1.165) is 23.9 Å². The number of fused-ring (bicyclic) bond motifs is 2. The third-order valence-electron chi connectivity index (χ3n) is 8.72. The molecule has 4 heterocycles. The Labute approximate surface area is 236 Å². The first-order chi connectivity index (χ1) is 19.5. The second-order valence-corrected chi connectivity index (χ2v) is 12.5. The fourth-order valence-corrected chi connectivity index (χ4v) is 9.38. The van der Waals surface area contributed by atoms with Gasteiger partial charge < -0.3 is 20.6 Å². The van der Waals surface area contributed by atoms with E-state index in [1.165, 1.54) is 0 Å². The zero-order valence-electron chi connectivity index (χ0n) is 22.4. The zero-order valence-corrected chi connectivity index (χ0v) is 23.2. The molecule has 3 aromatic rings. The Bertz CT molecular complexity index is 1420. The highest BCUT2D eigenvalue weighted by Crippen LogP contribution is 2.68. The maximum atomic E-state index is 14.1. The molecule has 2 aromatic carbocycles. The highest BCUT2D eigenvalue weighted by molar-refractivity contribution is 8.02. The number of hydrogen-bond acceptors (Lipinski definition) is 7. The molecule has 3 unspecified atom stereocenters. The molecule has 2 bridgehead atoms. The number of rotatable bonds is 10. The van der Waals surface area contributed by atoms with Crippen molar-refractivity contribution < 1.29 is 19.5 Å². The van der Waals surface area contributed by atoms with Crippen LogP contribution in [-0.4, -0.2) is 71.9 Å². The van der Waals surface area contributed by atoms with Crippen molar-refractivity contribution in [2.75, 3.05) is 18.5 Å². The molecule has 3 fully saturated rings. The number of anilines is 1. The Kier molecular flexibility index (Phi) is 7.26. The second-order valence-electron chi connectivity index (χ2n) is 11.0. The van der Waals surface area contributed by atoms with Gasteiger partial charge in [0.05, 0.1) is 22.1 Å². The number of benzene rings is 2. The number of aliphatic hydroxyl groups is 1. The van der Waals surface area contributed by atoms with Gasteiger partial charge in [0.1, 0.15) is 18.2 Å². The van der Waals surface area contributed by atoms with Gasteiger partial charge in [-0.3, -0.25) is 14.4 Å². The summed E-state index contributed by atoms with van der Waals surface area (Å²) in [7, 11) is 0. The topological polar surface area (TPSA) is 129 Å². The predicted molar refractivity (Wildman–Crippen MR) is 152 cm³/mol. The number of carbonyl (C=O) groups excluding carboxylic acids is 3. The standard InChI is InChI=1S/C29H34N6O4S/c1-18-16-22-23(26(37)31-19-10-4-2-5-11-19)24-28(39)34(14-8-3-9-15-36)25(29(18,24)40-22)27(38)30-17-35-21-13-7-6-12-20(21)32-33-35/h2,4-7,10-13,18,22-25,36H,3,8-9,14-17H2,1H3,(H,30,38)(H,31,37)/t18?,22-,23+,24-,25?,29?/m0/s1. The summed E-state index contributed by atoms with van der Waals surface area (Å²) in [5.74, 6) is -1.51. The smallest absolute Gasteiger partial charge is 0.245 e. The van der Waals surface area contributed by atoms with E-state index in [1.807, 2.05) is 54.6 Å². The van der Waals surface area contributed by atoms with Crippen LogP contribution in [0.3, 0.4) is 0 Å². The first-order valence-corrected chi connectivity index (χ1v) is 14.8. The predicted octanol–water partition coefficient (Wildman–Crippen LogP) is 2.64. The maximum absolute atomic E-state index is 14.1. The molecule has 6 atom stereocenters. The first kappa shape index (κ1) is 26.8. The number of unbranched alkanes of at least 4 members (excludes halogenated alkanes) is 2. The Morgan fingerprint density at radius 3 is 2.65 bits per heavy atom. The van der Waals surface area contributed by atoms with Gasteiger partial charge in [0.25, 0.3) is 0 Å². The molecule has 3 amide bonds. The lowest BCUT2D eigenvalue weighted by atomic mass is 9.66. The molecule has 11 heteroatoms. The van der Waals surface area contributed by atoms with Crippen LogP contribution in [0.1, 0.15) is 32.6 Å². The van der Waals surface area contributed by atoms with E-state index in [4.69, 9.17) is 0 Å². The summed E-state index contributed by atoms with van der Waals surface area (Å²) in [6, 6.07) is 16.1. The van der Waals surface area contributed by atoms with Gasteiger partial charge in [-0.05, 0) is 55.9 Å². The normalized spacial score (nSPS) is 28.7. The molecule has 3 aliphatic rings. The number of thioether (sulfide) groups is 1. The quantitative estimate of drug-likeness (QED) is 0.324. The molecular formula is C29H34N6O4S. The molecule has 0 aliphatic carbocycles. The number of aromatic nitrogens is 3. The minimum absolute atomic E-state index is 0.0289. The molecule has 3 saturated heterocycles. The molecule has 1 spiro atoms. The number of para-hydroxylation sites is 2. The number of nitrogens with zero attached hydrogens (tertiary/aromatic N) is 4. The largest absolute Gasteiger partial charge is 0.396 e. The molecule has 0 saturated carbocycles. The van der Waals surface area contributed by atoms with E-state index in [1.54, 1.807) is 21.3 Å². The van der Waals surface area contributed by atoms with Crippen LogP contribution in [0.25, 0.3) is 11.0 Å². The molecule has 10 nitrogen and oxygen atoms in total. The molecule has 40 heavy (non-hydrogen) atoms. The van der Waals surface area contributed by atoms with E-state index in [0.29, 0.717) is 25.1 Å². The van der Waals surface area contributed by atoms with Gasteiger partial charge in [0.2, 0.25) is 17.7 Å². The van der Waals surface area contributed by atoms with Gasteiger partial charge in [-0.1, -0.05) is 42.5 Å². The summed E-state index contributed by atoms with van der Waals surface area (Å²) in [5, 5.41) is 23.6. The van der Waals surface area contributed by atoms with Crippen molar-refractivity contribution in [3.05, 3.63) is 54.6 Å². The van der Waals surface area contributed by atoms with Crippen molar-refractivity contribution >= 4 is 46.2 Å². The van der Waals surface area contributed by atoms with Gasteiger partial charge in [0, 0.05) is 24.1 Å². The highest BCUT2D eigenvalue weighted by atomic mass is 32.2. The van der Waals surface area contributed by atoms with E-state index in [9.17, 15) is 19.5 Å². The lowest BCUT2D eigenvalue weighted by Crippen LogP contribution is -2.56. The maximum Gasteiger partial charge on any atom is 0.245 e. The number of likely N-dealkylation sites (tertiary alicyclic amines) is 1. The third-order valence-corrected chi connectivity index (χ3v) is 10.8. The fourth-order valence-electron chi connectivity index (χ4n) is 6.96. The van der Waals surface area contributed by atoms with Crippen LogP contribution < -0.4 is 10.6 Å². The van der Waals surface area contributed by atoms with Crippen LogP contribution in [0.15, 0.2) is 54.6 Å². The number of hydrogen-bond donors (Lipinski definition) is 3. The van der Waals surface area contributed by atoms with E-state index >= 15 is 0 Å². The summed E-state index contributed by atoms with van der Waals surface area (Å²) >= 11 is 1.66. The van der Waals surface area contributed by atoms with Crippen molar-refractivity contribution in [1.82, 2.24) is 25.2 Å². The Morgan fingerprint density at radius 1 is 1.07 bits per heavy atom. The van der Waals surface area contributed by atoms with Crippen LogP contribution in [0.5, 0.6) is 0 Å². The van der Waals surface area contributed by atoms with E-state index < -0.39 is 22.6 Å². The van der Waals surface area contributed by atoms with Crippen LogP contribution in [0.4, 0.5) is 5.69 Å². The van der Waals surface area contributed by atoms with Crippen molar-refractivity contribution in [3.63, 3.8) is 0 Å². The van der Waals surface area contributed by atoms with E-state index in [2.05, 4.69) is 27.9 Å². The van der Waals surface area contributed by atoms with Gasteiger partial charge in [0.15, 0.2) is 0 Å². The Morgan fingerprint density at radius 2 is 1.85 bits per heavy atom. The molecule has 6 rings (SSSR count). The summed E-state index contributed by atoms with van der Waals surface area (Å²) in [5.41, 5.74) is 2.25. The minimum Gasteiger partial charge on any atom is -0.396 e. The van der Waals surface area contributed by atoms with Crippen LogP contribution >= 0.6 is 11.8 Å². The van der Waals surface area contributed by atoms with Crippen LogP contribution in [0, 0.1) is 17.8 Å². The Balaban J connectivity index is 1.29. The minimum atomic E-state index is -0.701. The number of nitrogens with one attached hydrogen (secondary N) is 2. The summed E-state index contributed by atoms with van der Waals surface area (Å²) in [4.78, 5) is 43.5. The molecule has 1 aromatic heterocycles. The summed E-state index contributed by atoms with van der Waals surface area (Å²) in [6.45, 7) is 2.74. The molecular weight excluding hydrogens is 528 g/mol. The van der Waals surface area contributed by atoms with Gasteiger partial charge in [-0.15, -0.1) is 16.9 Å². The van der Waals surface area contributed by atoms with Gasteiger partial charge in [-0.2, -0.15) is 0 Å². The number of aliphatic hydroxyl groups excluding tert-OH is 1. The third kappa shape index (κ3) is 4.35. The molecule has 0 radical (unpaired) electrons. The monoisotopic (exact) mass is 562 g/mol. The Hall–Kier alpha value is -3.44. The first-order valence-electron chi connectivity index (χ1n) is 14.0. The lowest BCUT2D eigenvalue weighted by molar-refractivity contribution is -0.139. The lowest BCUT2D eigenvalue weighted by Gasteiger charge is -2.38. The van der Waals surface area contributed by atoms with Crippen LogP contribution in [0.2, 0.25) is 0 Å². The highest BCUT2D eigenvalue weighted by Gasteiger charge is 2.75. The molecule has 210 valence electrons. The SMILES string of the molecule is CC1C[C@@H]2SC13C(C(=O)NCn1nnc4ccccc41)N(CCCCCO)C(=O)[C@@H]3[C@@H]2C(=O)Nc1ccccc1. The second kappa shape index (κ2) is 10.9. The zero-order chi connectivity index (χ0) is 27.9. The van der Waals surface area contributed by atoms with Crippen LogP contribution in [-0.2, 0) is 21.1 Å². The van der Waals surface area contributed by atoms with Crippen molar-refractivity contribution in [2.24, 2.45) is 17.8 Å².